The first-order chi connectivity index (χ1) is 5.89. The summed E-state index contributed by atoms with van der Waals surface area (Å²) in [6, 6.07) is 0. The zero-order valence-electron chi connectivity index (χ0n) is 6.66. The molecule has 7 nitrogen and oxygen atoms in total. The quantitative estimate of drug-likeness (QED) is 0.329. The van der Waals surface area contributed by atoms with Crippen molar-refractivity contribution in [1.82, 2.24) is 0 Å². The van der Waals surface area contributed by atoms with Gasteiger partial charge in [-0.1, -0.05) is 0 Å². The van der Waals surface area contributed by atoms with Crippen LogP contribution in [0, 0.1) is 0 Å². The molecule has 13 heavy (non-hydrogen) atoms. The van der Waals surface area contributed by atoms with Crippen LogP contribution in [0.5, 0.6) is 0 Å². The van der Waals surface area contributed by atoms with Crippen LogP contribution in [0.25, 0.3) is 0 Å². The van der Waals surface area contributed by atoms with Gasteiger partial charge in [-0.15, -0.1) is 0 Å². The largest absolute Gasteiger partial charge is 0.479 e. The third-order valence-electron chi connectivity index (χ3n) is 1.23. The Kier molecular flexibility index (Phi) is 5.12. The van der Waals surface area contributed by atoms with E-state index >= 15 is 0 Å². The molecular formula is C5H11O7P. The third kappa shape index (κ3) is 5.73. The summed E-state index contributed by atoms with van der Waals surface area (Å²) >= 11 is 0. The molecule has 8 heteroatoms. The van der Waals surface area contributed by atoms with Crippen molar-refractivity contribution >= 4 is 13.6 Å². The summed E-state index contributed by atoms with van der Waals surface area (Å²) in [7, 11) is -3.96. The average Bonchev–Trinajstić information content (AvgIpc) is 2.00. The van der Waals surface area contributed by atoms with Crippen LogP contribution in [0.3, 0.4) is 0 Å². The highest BCUT2D eigenvalue weighted by molar-refractivity contribution is 7.52. The second-order valence-corrected chi connectivity index (χ2v) is 4.24. The predicted molar refractivity (Wildman–Crippen MR) is 41.1 cm³/mol. The van der Waals surface area contributed by atoms with Crippen LogP contribution in [0.2, 0.25) is 0 Å². The second-order valence-electron chi connectivity index (χ2n) is 2.26. The first-order valence-corrected chi connectivity index (χ1v) is 5.13. The standard InChI is InChI=1S/C5H11O7P/c6-3-12-13(10,11)2-1-4(7)5(8)9/h4,6-7H,1-3H2,(H,8,9)(H,10,11)/t4-/m0/s1. The van der Waals surface area contributed by atoms with Gasteiger partial charge < -0.3 is 20.2 Å². The average molecular weight is 214 g/mol. The lowest BCUT2D eigenvalue weighted by Crippen LogP contribution is -2.20. The van der Waals surface area contributed by atoms with Crippen molar-refractivity contribution < 1.29 is 34.1 Å². The SMILES string of the molecule is O=C(O)[C@@H](O)CCP(=O)(O)OCO. The van der Waals surface area contributed by atoms with E-state index in [4.69, 9.17) is 20.2 Å². The van der Waals surface area contributed by atoms with Crippen molar-refractivity contribution in [2.75, 3.05) is 13.0 Å². The molecule has 4 N–H and O–H groups in total. The fourth-order valence-corrected chi connectivity index (χ4v) is 1.44. The number of aliphatic carboxylic acids is 1. The summed E-state index contributed by atoms with van der Waals surface area (Å²) < 4.78 is 14.8. The fraction of sp³-hybridized carbons (Fsp3) is 0.800. The van der Waals surface area contributed by atoms with E-state index in [9.17, 15) is 9.36 Å². The molecule has 0 aromatic heterocycles. The van der Waals surface area contributed by atoms with E-state index in [1.165, 1.54) is 0 Å². The van der Waals surface area contributed by atoms with Gasteiger partial charge in [-0.25, -0.2) is 4.79 Å². The first-order valence-electron chi connectivity index (χ1n) is 3.37. The Balaban J connectivity index is 3.87. The number of carboxylic acids is 1. The number of carbonyl (C=O) groups is 1. The Morgan fingerprint density at radius 2 is 2.08 bits per heavy atom. The van der Waals surface area contributed by atoms with E-state index in [2.05, 4.69) is 4.52 Å². The predicted octanol–water partition coefficient (Wildman–Crippen LogP) is -1.03. The van der Waals surface area contributed by atoms with E-state index < -0.39 is 39.0 Å². The minimum Gasteiger partial charge on any atom is -0.479 e. The van der Waals surface area contributed by atoms with Gasteiger partial charge in [-0.05, 0) is 6.42 Å². The molecule has 1 unspecified atom stereocenters. The van der Waals surface area contributed by atoms with Gasteiger partial charge in [0.1, 0.15) is 0 Å². The Labute approximate surface area is 74.1 Å². The van der Waals surface area contributed by atoms with Crippen LogP contribution < -0.4 is 0 Å². The van der Waals surface area contributed by atoms with Crippen LogP contribution in [-0.2, 0) is 13.9 Å². The number of hydrogen-bond donors (Lipinski definition) is 4. The minimum absolute atomic E-state index is 0.400. The molecule has 0 spiro atoms. The molecular weight excluding hydrogens is 203 g/mol. The van der Waals surface area contributed by atoms with Crippen LogP contribution in [-0.4, -0.2) is 45.2 Å². The molecule has 0 aromatic rings. The molecule has 0 aromatic carbocycles. The van der Waals surface area contributed by atoms with Crippen molar-refractivity contribution in [3.05, 3.63) is 0 Å². The monoisotopic (exact) mass is 214 g/mol. The normalized spacial score (nSPS) is 17.8. The zero-order chi connectivity index (χ0) is 10.5. The van der Waals surface area contributed by atoms with E-state index in [-0.39, 0.29) is 0 Å². The summed E-state index contributed by atoms with van der Waals surface area (Å²) in [5, 5.41) is 25.0. The van der Waals surface area contributed by atoms with Crippen molar-refractivity contribution in [3.8, 4) is 0 Å². The summed E-state index contributed by atoms with van der Waals surface area (Å²) in [4.78, 5) is 18.9. The number of hydrogen-bond acceptors (Lipinski definition) is 5. The smallest absolute Gasteiger partial charge is 0.332 e. The van der Waals surface area contributed by atoms with Gasteiger partial charge in [-0.2, -0.15) is 0 Å². The maximum atomic E-state index is 10.8. The number of aliphatic hydroxyl groups is 2. The number of aliphatic hydroxyl groups excluding tert-OH is 2. The Hall–Kier alpha value is -0.460. The highest BCUT2D eigenvalue weighted by atomic mass is 31.2. The topological polar surface area (TPSA) is 124 Å². The van der Waals surface area contributed by atoms with Gasteiger partial charge in [0.2, 0.25) is 0 Å². The molecule has 0 amide bonds. The van der Waals surface area contributed by atoms with E-state index in [0.717, 1.165) is 0 Å². The summed E-state index contributed by atoms with van der Waals surface area (Å²) in [5.41, 5.74) is 0. The summed E-state index contributed by atoms with van der Waals surface area (Å²) in [6.45, 7) is -0.920. The summed E-state index contributed by atoms with van der Waals surface area (Å²) in [6.07, 6.45) is -2.60. The van der Waals surface area contributed by atoms with Gasteiger partial charge in [0.25, 0.3) is 0 Å². The second kappa shape index (κ2) is 5.31. The highest BCUT2D eigenvalue weighted by Crippen LogP contribution is 2.42. The Morgan fingerprint density at radius 1 is 1.54 bits per heavy atom. The molecule has 0 heterocycles. The third-order valence-corrected chi connectivity index (χ3v) is 2.57. The van der Waals surface area contributed by atoms with Crippen LogP contribution >= 0.6 is 7.60 Å². The molecule has 0 saturated carbocycles. The van der Waals surface area contributed by atoms with Gasteiger partial charge in [0.05, 0.1) is 6.16 Å². The molecule has 0 saturated heterocycles. The molecule has 2 atom stereocenters. The fourth-order valence-electron chi connectivity index (χ4n) is 0.564. The lowest BCUT2D eigenvalue weighted by Gasteiger charge is -2.10. The molecule has 0 bridgehead atoms. The zero-order valence-corrected chi connectivity index (χ0v) is 7.55. The van der Waals surface area contributed by atoms with E-state index in [1.807, 2.05) is 0 Å². The molecule has 0 aliphatic rings. The molecule has 0 fully saturated rings. The van der Waals surface area contributed by atoms with E-state index in [1.54, 1.807) is 0 Å². The van der Waals surface area contributed by atoms with Crippen molar-refractivity contribution in [1.29, 1.82) is 0 Å². The Bertz CT molecular complexity index is 215. The molecule has 0 aliphatic heterocycles. The lowest BCUT2D eigenvalue weighted by atomic mass is 10.3. The minimum atomic E-state index is -3.96. The van der Waals surface area contributed by atoms with Gasteiger partial charge in [0.15, 0.2) is 12.9 Å². The van der Waals surface area contributed by atoms with Crippen LogP contribution in [0.15, 0.2) is 0 Å². The number of rotatable bonds is 6. The van der Waals surface area contributed by atoms with Crippen molar-refractivity contribution in [2.24, 2.45) is 0 Å². The molecule has 0 radical (unpaired) electrons. The van der Waals surface area contributed by atoms with Gasteiger partial charge >= 0.3 is 13.6 Å². The maximum absolute atomic E-state index is 10.8. The van der Waals surface area contributed by atoms with Gasteiger partial charge in [0, 0.05) is 0 Å². The first kappa shape index (κ1) is 12.5. The van der Waals surface area contributed by atoms with E-state index in [0.29, 0.717) is 0 Å². The maximum Gasteiger partial charge on any atom is 0.332 e. The highest BCUT2D eigenvalue weighted by Gasteiger charge is 2.23. The van der Waals surface area contributed by atoms with Crippen molar-refractivity contribution in [2.45, 2.75) is 12.5 Å². The van der Waals surface area contributed by atoms with Crippen molar-refractivity contribution in [3.63, 3.8) is 0 Å². The number of carboxylic acid groups (broad SMARTS) is 1. The Morgan fingerprint density at radius 3 is 2.46 bits per heavy atom. The molecule has 0 rings (SSSR count). The van der Waals surface area contributed by atoms with Crippen LogP contribution in [0.1, 0.15) is 6.42 Å². The van der Waals surface area contributed by atoms with Gasteiger partial charge in [-0.3, -0.25) is 9.09 Å². The lowest BCUT2D eigenvalue weighted by molar-refractivity contribution is -0.146. The summed E-state index contributed by atoms with van der Waals surface area (Å²) in [5.74, 6) is -1.47. The molecule has 78 valence electrons. The molecule has 0 aliphatic carbocycles. The van der Waals surface area contributed by atoms with Crippen LogP contribution in [0.4, 0.5) is 0 Å².